The molecule has 1 heterocycles. The Morgan fingerprint density at radius 1 is 0.958 bits per heavy atom. The van der Waals surface area contributed by atoms with Crippen LogP contribution in [-0.4, -0.2) is 21.6 Å². The number of aliphatic hydroxyl groups is 1. The topological polar surface area (TPSA) is 67.3 Å². The fourth-order valence-corrected chi connectivity index (χ4v) is 2.31. The Morgan fingerprint density at radius 3 is 2.54 bits per heavy atom. The Hall–Kier alpha value is -2.76. The molecule has 24 heavy (non-hydrogen) atoms. The van der Waals surface area contributed by atoms with E-state index < -0.39 is 6.10 Å². The Kier molecular flexibility index (Phi) is 5.50. The Balaban J connectivity index is 1.53. The molecule has 3 rings (SSSR count). The molecule has 5 nitrogen and oxygen atoms in total. The summed E-state index contributed by atoms with van der Waals surface area (Å²) in [7, 11) is 0. The van der Waals surface area contributed by atoms with Crippen molar-refractivity contribution in [1.82, 2.24) is 15.3 Å². The molecule has 0 fully saturated rings. The summed E-state index contributed by atoms with van der Waals surface area (Å²) < 4.78 is 5.62. The number of rotatable bonds is 7. The number of aromatic nitrogens is 2. The molecule has 0 aliphatic carbocycles. The molecule has 0 aliphatic rings. The van der Waals surface area contributed by atoms with Crippen molar-refractivity contribution in [3.63, 3.8) is 0 Å². The number of nitrogens with one attached hydrogen (secondary N) is 1. The molecular formula is C19H19N3O2. The SMILES string of the molecule is OC(CNCc1cccc(Oc2ncccn2)c1)c1ccccc1. The standard InChI is InChI=1S/C19H19N3O2/c23-18(16-7-2-1-3-8-16)14-20-13-15-6-4-9-17(12-15)24-19-21-10-5-11-22-19/h1-12,18,20,23H,13-14H2. The van der Waals surface area contributed by atoms with E-state index in [0.717, 1.165) is 11.1 Å². The Bertz CT molecular complexity index is 751. The van der Waals surface area contributed by atoms with Gasteiger partial charge in [0.25, 0.3) is 0 Å². The second-order valence-electron chi connectivity index (χ2n) is 5.34. The van der Waals surface area contributed by atoms with Crippen LogP contribution in [-0.2, 0) is 6.54 Å². The summed E-state index contributed by atoms with van der Waals surface area (Å²) in [5, 5.41) is 13.4. The van der Waals surface area contributed by atoms with Crippen LogP contribution in [0, 0.1) is 0 Å². The normalized spacial score (nSPS) is 11.9. The lowest BCUT2D eigenvalue weighted by Gasteiger charge is -2.12. The van der Waals surface area contributed by atoms with E-state index in [1.807, 2.05) is 54.6 Å². The van der Waals surface area contributed by atoms with Gasteiger partial charge in [-0.15, -0.1) is 0 Å². The Morgan fingerprint density at radius 2 is 1.75 bits per heavy atom. The molecule has 0 saturated heterocycles. The number of hydrogen-bond acceptors (Lipinski definition) is 5. The van der Waals surface area contributed by atoms with Crippen LogP contribution in [0.3, 0.4) is 0 Å². The maximum Gasteiger partial charge on any atom is 0.321 e. The van der Waals surface area contributed by atoms with Crippen molar-refractivity contribution in [2.75, 3.05) is 6.54 Å². The first-order chi connectivity index (χ1) is 11.8. The zero-order chi connectivity index (χ0) is 16.6. The van der Waals surface area contributed by atoms with Crippen molar-refractivity contribution >= 4 is 0 Å². The highest BCUT2D eigenvalue weighted by atomic mass is 16.5. The third-order valence-corrected chi connectivity index (χ3v) is 3.50. The molecule has 1 aromatic heterocycles. The van der Waals surface area contributed by atoms with E-state index >= 15 is 0 Å². The molecule has 0 amide bonds. The summed E-state index contributed by atoms with van der Waals surface area (Å²) >= 11 is 0. The number of benzene rings is 2. The van der Waals surface area contributed by atoms with Gasteiger partial charge in [-0.3, -0.25) is 0 Å². The zero-order valence-electron chi connectivity index (χ0n) is 13.2. The molecule has 1 atom stereocenters. The van der Waals surface area contributed by atoms with Crippen LogP contribution in [0.5, 0.6) is 11.8 Å². The quantitative estimate of drug-likeness (QED) is 0.700. The first-order valence-electron chi connectivity index (χ1n) is 7.79. The average Bonchev–Trinajstić information content (AvgIpc) is 2.63. The molecule has 122 valence electrons. The van der Waals surface area contributed by atoms with Crippen LogP contribution in [0.4, 0.5) is 0 Å². The van der Waals surface area contributed by atoms with Crippen LogP contribution in [0.1, 0.15) is 17.2 Å². The molecule has 0 bridgehead atoms. The van der Waals surface area contributed by atoms with Gasteiger partial charge in [0.1, 0.15) is 5.75 Å². The van der Waals surface area contributed by atoms with E-state index in [1.165, 1.54) is 0 Å². The van der Waals surface area contributed by atoms with Gasteiger partial charge in [-0.2, -0.15) is 0 Å². The van der Waals surface area contributed by atoms with Gasteiger partial charge in [-0.25, -0.2) is 9.97 Å². The average molecular weight is 321 g/mol. The maximum atomic E-state index is 10.1. The molecule has 5 heteroatoms. The number of nitrogens with zero attached hydrogens (tertiary/aromatic N) is 2. The Labute approximate surface area is 141 Å². The second-order valence-corrected chi connectivity index (χ2v) is 5.34. The van der Waals surface area contributed by atoms with Crippen molar-refractivity contribution in [2.45, 2.75) is 12.6 Å². The lowest BCUT2D eigenvalue weighted by molar-refractivity contribution is 0.174. The summed E-state index contributed by atoms with van der Waals surface area (Å²) in [6, 6.07) is 19.4. The molecule has 3 aromatic rings. The molecule has 0 radical (unpaired) electrons. The number of aliphatic hydroxyl groups excluding tert-OH is 1. The first kappa shape index (κ1) is 16.1. The summed E-state index contributed by atoms with van der Waals surface area (Å²) in [4.78, 5) is 8.08. The highest BCUT2D eigenvalue weighted by Gasteiger charge is 2.06. The molecule has 0 saturated carbocycles. The van der Waals surface area contributed by atoms with E-state index in [4.69, 9.17) is 4.74 Å². The fourth-order valence-electron chi connectivity index (χ4n) is 2.31. The van der Waals surface area contributed by atoms with Crippen molar-refractivity contribution < 1.29 is 9.84 Å². The van der Waals surface area contributed by atoms with Crippen LogP contribution >= 0.6 is 0 Å². The van der Waals surface area contributed by atoms with Gasteiger partial charge >= 0.3 is 6.01 Å². The molecule has 0 spiro atoms. The van der Waals surface area contributed by atoms with Crippen LogP contribution < -0.4 is 10.1 Å². The zero-order valence-corrected chi connectivity index (χ0v) is 13.2. The van der Waals surface area contributed by atoms with Crippen LogP contribution in [0.2, 0.25) is 0 Å². The van der Waals surface area contributed by atoms with Gasteiger partial charge in [0.2, 0.25) is 0 Å². The number of hydrogen-bond donors (Lipinski definition) is 2. The lowest BCUT2D eigenvalue weighted by atomic mass is 10.1. The predicted octanol–water partition coefficient (Wildman–Crippen LogP) is 3.09. The summed E-state index contributed by atoms with van der Waals surface area (Å²) in [5.74, 6) is 0.684. The summed E-state index contributed by atoms with van der Waals surface area (Å²) in [6.07, 6.45) is 2.75. The van der Waals surface area contributed by atoms with Crippen molar-refractivity contribution in [1.29, 1.82) is 0 Å². The third kappa shape index (κ3) is 4.62. The van der Waals surface area contributed by atoms with Gasteiger partial charge in [0, 0.05) is 25.5 Å². The minimum absolute atomic E-state index is 0.321. The van der Waals surface area contributed by atoms with Gasteiger partial charge in [-0.05, 0) is 29.3 Å². The lowest BCUT2D eigenvalue weighted by Crippen LogP contribution is -2.21. The van der Waals surface area contributed by atoms with Crippen molar-refractivity contribution in [3.05, 3.63) is 84.2 Å². The van der Waals surface area contributed by atoms with Crippen molar-refractivity contribution in [3.8, 4) is 11.8 Å². The van der Waals surface area contributed by atoms with Gasteiger partial charge in [-0.1, -0.05) is 42.5 Å². The molecule has 1 unspecified atom stereocenters. The highest BCUT2D eigenvalue weighted by molar-refractivity contribution is 5.30. The van der Waals surface area contributed by atoms with E-state index in [9.17, 15) is 5.11 Å². The molecular weight excluding hydrogens is 302 g/mol. The third-order valence-electron chi connectivity index (χ3n) is 3.50. The first-order valence-corrected chi connectivity index (χ1v) is 7.79. The van der Waals surface area contributed by atoms with E-state index in [2.05, 4.69) is 15.3 Å². The smallest absolute Gasteiger partial charge is 0.321 e. The minimum atomic E-state index is -0.525. The second kappa shape index (κ2) is 8.19. The van der Waals surface area contributed by atoms with Gasteiger partial charge < -0.3 is 15.2 Å². The predicted molar refractivity (Wildman–Crippen MR) is 91.7 cm³/mol. The van der Waals surface area contributed by atoms with Gasteiger partial charge in [0.05, 0.1) is 6.10 Å². The van der Waals surface area contributed by atoms with E-state index in [0.29, 0.717) is 24.8 Å². The van der Waals surface area contributed by atoms with Crippen LogP contribution in [0.25, 0.3) is 0 Å². The minimum Gasteiger partial charge on any atom is -0.424 e. The van der Waals surface area contributed by atoms with Crippen molar-refractivity contribution in [2.24, 2.45) is 0 Å². The van der Waals surface area contributed by atoms with Crippen LogP contribution in [0.15, 0.2) is 73.1 Å². The monoisotopic (exact) mass is 321 g/mol. The summed E-state index contributed by atoms with van der Waals surface area (Å²) in [5.41, 5.74) is 1.96. The molecule has 0 aliphatic heterocycles. The van der Waals surface area contributed by atoms with E-state index in [-0.39, 0.29) is 0 Å². The number of ether oxygens (including phenoxy) is 1. The molecule has 2 aromatic carbocycles. The maximum absolute atomic E-state index is 10.1. The summed E-state index contributed by atoms with van der Waals surface area (Å²) in [6.45, 7) is 1.12. The fraction of sp³-hybridized carbons (Fsp3) is 0.158. The molecule has 2 N–H and O–H groups in total. The van der Waals surface area contributed by atoms with E-state index in [1.54, 1.807) is 18.5 Å². The largest absolute Gasteiger partial charge is 0.424 e. The van der Waals surface area contributed by atoms with Gasteiger partial charge in [0.15, 0.2) is 0 Å². The highest BCUT2D eigenvalue weighted by Crippen LogP contribution is 2.18.